The fourth-order valence-electron chi connectivity index (χ4n) is 3.58. The lowest BCUT2D eigenvalue weighted by Crippen LogP contribution is -2.51. The molecule has 0 spiro atoms. The Morgan fingerprint density at radius 1 is 1.20 bits per heavy atom. The number of carbonyl (C=O) groups is 1. The summed E-state index contributed by atoms with van der Waals surface area (Å²) in [6.45, 7) is 1.37. The van der Waals surface area contributed by atoms with Crippen LogP contribution in [-0.4, -0.2) is 36.1 Å². The molecule has 1 saturated heterocycles. The van der Waals surface area contributed by atoms with Gasteiger partial charge in [0.25, 0.3) is 5.91 Å². The van der Waals surface area contributed by atoms with Crippen LogP contribution in [0.15, 0.2) is 40.8 Å². The van der Waals surface area contributed by atoms with E-state index >= 15 is 0 Å². The molecule has 1 aliphatic carbocycles. The molecule has 6 heteroatoms. The SMILES string of the molecule is O=C(c1ccc(COc2ccc(F)cc2)o1)N1CCOC2CCCC21. The second kappa shape index (κ2) is 6.88. The number of benzene rings is 1. The number of rotatable bonds is 4. The first kappa shape index (κ1) is 16.1. The summed E-state index contributed by atoms with van der Waals surface area (Å²) in [4.78, 5) is 14.6. The largest absolute Gasteiger partial charge is 0.486 e. The number of nitrogens with zero attached hydrogens (tertiary/aromatic N) is 1. The minimum Gasteiger partial charge on any atom is -0.486 e. The van der Waals surface area contributed by atoms with E-state index in [0.29, 0.717) is 30.4 Å². The average molecular weight is 345 g/mol. The lowest BCUT2D eigenvalue weighted by Gasteiger charge is -2.37. The molecule has 1 aromatic carbocycles. The van der Waals surface area contributed by atoms with Gasteiger partial charge in [0.05, 0.1) is 18.8 Å². The normalized spacial score (nSPS) is 22.7. The fourth-order valence-corrected chi connectivity index (χ4v) is 3.58. The maximum Gasteiger partial charge on any atom is 0.289 e. The van der Waals surface area contributed by atoms with Gasteiger partial charge in [0.15, 0.2) is 5.76 Å². The highest BCUT2D eigenvalue weighted by Crippen LogP contribution is 2.31. The zero-order valence-electron chi connectivity index (χ0n) is 13.8. The van der Waals surface area contributed by atoms with Crippen LogP contribution in [0.3, 0.4) is 0 Å². The molecule has 25 heavy (non-hydrogen) atoms. The van der Waals surface area contributed by atoms with Crippen LogP contribution in [0.1, 0.15) is 35.6 Å². The molecule has 0 radical (unpaired) electrons. The zero-order chi connectivity index (χ0) is 17.2. The maximum atomic E-state index is 12.9. The van der Waals surface area contributed by atoms with Crippen molar-refractivity contribution in [2.45, 2.75) is 38.0 Å². The first-order valence-electron chi connectivity index (χ1n) is 8.60. The van der Waals surface area contributed by atoms with Gasteiger partial charge >= 0.3 is 0 Å². The molecule has 4 rings (SSSR count). The number of halogens is 1. The number of morpholine rings is 1. The van der Waals surface area contributed by atoms with Crippen molar-refractivity contribution in [1.82, 2.24) is 4.90 Å². The molecule has 2 fully saturated rings. The van der Waals surface area contributed by atoms with Gasteiger partial charge in [-0.25, -0.2) is 4.39 Å². The lowest BCUT2D eigenvalue weighted by molar-refractivity contribution is -0.0454. The Kier molecular flexibility index (Phi) is 4.44. The highest BCUT2D eigenvalue weighted by atomic mass is 19.1. The van der Waals surface area contributed by atoms with Gasteiger partial charge in [-0.1, -0.05) is 0 Å². The summed E-state index contributed by atoms with van der Waals surface area (Å²) >= 11 is 0. The zero-order valence-corrected chi connectivity index (χ0v) is 13.8. The topological polar surface area (TPSA) is 51.9 Å². The summed E-state index contributed by atoms with van der Waals surface area (Å²) in [7, 11) is 0. The van der Waals surface area contributed by atoms with E-state index in [9.17, 15) is 9.18 Å². The van der Waals surface area contributed by atoms with Crippen molar-refractivity contribution < 1.29 is 23.1 Å². The Morgan fingerprint density at radius 2 is 2.04 bits per heavy atom. The predicted octanol–water partition coefficient (Wildman–Crippen LogP) is 3.39. The standard InChI is InChI=1S/C19H20FNO4/c20-13-4-6-14(7-5-13)24-12-15-8-9-18(25-15)19(22)21-10-11-23-17-3-1-2-16(17)21/h4-9,16-17H,1-3,10-12H2. The van der Waals surface area contributed by atoms with Gasteiger partial charge in [0.2, 0.25) is 0 Å². The molecule has 1 aromatic heterocycles. The first-order valence-corrected chi connectivity index (χ1v) is 8.60. The third kappa shape index (κ3) is 3.39. The van der Waals surface area contributed by atoms with Crippen molar-refractivity contribution in [2.75, 3.05) is 13.2 Å². The highest BCUT2D eigenvalue weighted by Gasteiger charge is 2.39. The van der Waals surface area contributed by atoms with Gasteiger partial charge in [0, 0.05) is 6.54 Å². The van der Waals surface area contributed by atoms with E-state index in [1.807, 2.05) is 4.90 Å². The van der Waals surface area contributed by atoms with Crippen molar-refractivity contribution in [3.8, 4) is 5.75 Å². The lowest BCUT2D eigenvalue weighted by atomic mass is 10.1. The second-order valence-corrected chi connectivity index (χ2v) is 6.41. The number of amides is 1. The van der Waals surface area contributed by atoms with Gasteiger partial charge in [-0.05, 0) is 55.7 Å². The smallest absolute Gasteiger partial charge is 0.289 e. The molecule has 0 bridgehead atoms. The number of fused-ring (bicyclic) bond motifs is 1. The molecular formula is C19H20FNO4. The van der Waals surface area contributed by atoms with Crippen molar-refractivity contribution in [3.63, 3.8) is 0 Å². The molecular weight excluding hydrogens is 325 g/mol. The van der Waals surface area contributed by atoms with Crippen LogP contribution in [0.5, 0.6) is 5.75 Å². The summed E-state index contributed by atoms with van der Waals surface area (Å²) in [6, 6.07) is 9.36. The van der Waals surface area contributed by atoms with Gasteiger partial charge in [0.1, 0.15) is 23.9 Å². The number of furan rings is 1. The molecule has 2 atom stereocenters. The minimum atomic E-state index is -0.311. The molecule has 2 aromatic rings. The van der Waals surface area contributed by atoms with Gasteiger partial charge in [-0.15, -0.1) is 0 Å². The Labute approximate surface area is 145 Å². The van der Waals surface area contributed by atoms with E-state index in [1.165, 1.54) is 12.1 Å². The van der Waals surface area contributed by atoms with Crippen LogP contribution >= 0.6 is 0 Å². The molecule has 132 valence electrons. The molecule has 1 saturated carbocycles. The minimum absolute atomic E-state index is 0.0896. The van der Waals surface area contributed by atoms with Crippen LogP contribution in [0, 0.1) is 5.82 Å². The summed E-state index contributed by atoms with van der Waals surface area (Å²) in [5.74, 6) is 1.03. The average Bonchev–Trinajstić information content (AvgIpc) is 3.29. The number of hydrogen-bond acceptors (Lipinski definition) is 4. The summed E-state index contributed by atoms with van der Waals surface area (Å²) in [6.07, 6.45) is 3.25. The van der Waals surface area contributed by atoms with Crippen LogP contribution in [-0.2, 0) is 11.3 Å². The Morgan fingerprint density at radius 3 is 2.88 bits per heavy atom. The quantitative estimate of drug-likeness (QED) is 0.852. The number of hydrogen-bond donors (Lipinski definition) is 0. The monoisotopic (exact) mass is 345 g/mol. The molecule has 2 heterocycles. The van der Waals surface area contributed by atoms with Crippen LogP contribution < -0.4 is 4.74 Å². The molecule has 0 N–H and O–H groups in total. The van der Waals surface area contributed by atoms with E-state index in [2.05, 4.69) is 0 Å². The van der Waals surface area contributed by atoms with E-state index in [1.54, 1.807) is 24.3 Å². The summed E-state index contributed by atoms with van der Waals surface area (Å²) < 4.78 is 29.8. The van der Waals surface area contributed by atoms with Crippen molar-refractivity contribution in [3.05, 3.63) is 53.7 Å². The summed E-state index contributed by atoms with van der Waals surface area (Å²) in [5.41, 5.74) is 0. The first-order chi connectivity index (χ1) is 12.2. The second-order valence-electron chi connectivity index (χ2n) is 6.41. The van der Waals surface area contributed by atoms with Crippen LogP contribution in [0.2, 0.25) is 0 Å². The third-order valence-corrected chi connectivity index (χ3v) is 4.81. The number of carbonyl (C=O) groups excluding carboxylic acids is 1. The molecule has 1 amide bonds. The molecule has 2 unspecified atom stereocenters. The molecule has 5 nitrogen and oxygen atoms in total. The maximum absolute atomic E-state index is 12.9. The predicted molar refractivity (Wildman–Crippen MR) is 87.9 cm³/mol. The van der Waals surface area contributed by atoms with E-state index in [4.69, 9.17) is 13.9 Å². The number of ether oxygens (including phenoxy) is 2. The van der Waals surface area contributed by atoms with Gasteiger partial charge < -0.3 is 18.8 Å². The van der Waals surface area contributed by atoms with Crippen molar-refractivity contribution >= 4 is 5.91 Å². The Hall–Kier alpha value is -2.34. The molecule has 1 aliphatic heterocycles. The van der Waals surface area contributed by atoms with Gasteiger partial charge in [-0.2, -0.15) is 0 Å². The van der Waals surface area contributed by atoms with E-state index < -0.39 is 0 Å². The van der Waals surface area contributed by atoms with Gasteiger partial charge in [-0.3, -0.25) is 4.79 Å². The Balaban J connectivity index is 1.40. The van der Waals surface area contributed by atoms with E-state index in [0.717, 1.165) is 19.3 Å². The third-order valence-electron chi connectivity index (χ3n) is 4.81. The van der Waals surface area contributed by atoms with Crippen LogP contribution in [0.25, 0.3) is 0 Å². The molecule has 2 aliphatic rings. The fraction of sp³-hybridized carbons (Fsp3) is 0.421. The van der Waals surface area contributed by atoms with Crippen molar-refractivity contribution in [1.29, 1.82) is 0 Å². The Bertz CT molecular complexity index is 742. The van der Waals surface area contributed by atoms with Crippen molar-refractivity contribution in [2.24, 2.45) is 0 Å². The highest BCUT2D eigenvalue weighted by molar-refractivity contribution is 5.92. The van der Waals surface area contributed by atoms with Crippen LogP contribution in [0.4, 0.5) is 4.39 Å². The summed E-state index contributed by atoms with van der Waals surface area (Å²) in [5, 5.41) is 0. The van der Waals surface area contributed by atoms with E-state index in [-0.39, 0.29) is 30.5 Å².